The van der Waals surface area contributed by atoms with Crippen LogP contribution in [-0.2, 0) is 4.79 Å². The molecule has 186 valence electrons. The zero-order valence-corrected chi connectivity index (χ0v) is 20.9. The number of carboxylic acids is 1. The van der Waals surface area contributed by atoms with E-state index in [-0.39, 0.29) is 24.3 Å². The molecule has 5 heteroatoms. The van der Waals surface area contributed by atoms with Crippen molar-refractivity contribution in [3.8, 4) is 5.75 Å². The summed E-state index contributed by atoms with van der Waals surface area (Å²) in [6, 6.07) is 25.4. The van der Waals surface area contributed by atoms with Crippen LogP contribution < -0.4 is 4.74 Å². The minimum atomic E-state index is -0.808. The molecule has 0 fully saturated rings. The number of carbonyl (C=O) groups is 2. The number of carbonyl (C=O) groups excluding carboxylic acids is 1. The molecule has 1 aromatic heterocycles. The van der Waals surface area contributed by atoms with Crippen LogP contribution in [0.25, 0.3) is 10.9 Å². The Morgan fingerprint density at radius 1 is 0.889 bits per heavy atom. The lowest BCUT2D eigenvalue weighted by molar-refractivity contribution is -0.137. The molecule has 1 unspecified atom stereocenters. The monoisotopic (exact) mass is 483 g/mol. The third-order valence-corrected chi connectivity index (χ3v) is 6.66. The fraction of sp³-hybridized carbons (Fsp3) is 0.290. The molecule has 2 atom stereocenters. The van der Waals surface area contributed by atoms with Crippen LogP contribution in [0.3, 0.4) is 0 Å². The first-order valence-corrected chi connectivity index (χ1v) is 12.7. The number of benzene rings is 3. The number of ether oxygens (including phenoxy) is 1. The van der Waals surface area contributed by atoms with E-state index in [4.69, 9.17) is 9.84 Å². The highest BCUT2D eigenvalue weighted by molar-refractivity contribution is 6.16. The molecule has 1 N–H and O–H groups in total. The van der Waals surface area contributed by atoms with Gasteiger partial charge < -0.3 is 14.4 Å². The Bertz CT molecular complexity index is 1310. The van der Waals surface area contributed by atoms with Gasteiger partial charge in [0, 0.05) is 40.7 Å². The number of ketones is 1. The highest BCUT2D eigenvalue weighted by Gasteiger charge is 2.21. The molecule has 0 saturated carbocycles. The third kappa shape index (κ3) is 5.68. The maximum Gasteiger partial charge on any atom is 0.303 e. The largest absolute Gasteiger partial charge is 0.486 e. The van der Waals surface area contributed by atoms with Gasteiger partial charge in [0.15, 0.2) is 5.78 Å². The van der Waals surface area contributed by atoms with E-state index < -0.39 is 5.97 Å². The normalized spacial score (nSPS) is 12.8. The molecule has 0 aliphatic heterocycles. The van der Waals surface area contributed by atoms with Gasteiger partial charge in [0.25, 0.3) is 0 Å². The van der Waals surface area contributed by atoms with Crippen molar-refractivity contribution >= 4 is 22.7 Å². The van der Waals surface area contributed by atoms with Gasteiger partial charge in [-0.15, -0.1) is 0 Å². The molecule has 1 heterocycles. The van der Waals surface area contributed by atoms with E-state index in [2.05, 4.69) is 23.6 Å². The van der Waals surface area contributed by atoms with E-state index in [1.807, 2.05) is 79.9 Å². The summed E-state index contributed by atoms with van der Waals surface area (Å²) in [5, 5.41) is 10.0. The van der Waals surface area contributed by atoms with Crippen molar-refractivity contribution in [2.75, 3.05) is 0 Å². The number of para-hydroxylation sites is 1. The van der Waals surface area contributed by atoms with Crippen molar-refractivity contribution in [1.29, 1.82) is 0 Å². The first-order chi connectivity index (χ1) is 17.5. The van der Waals surface area contributed by atoms with Gasteiger partial charge in [-0.3, -0.25) is 9.59 Å². The first-order valence-electron chi connectivity index (χ1n) is 12.7. The molecule has 0 bridgehead atoms. The molecular weight excluding hydrogens is 450 g/mol. The van der Waals surface area contributed by atoms with Gasteiger partial charge in [0.1, 0.15) is 11.9 Å². The van der Waals surface area contributed by atoms with Gasteiger partial charge in [-0.05, 0) is 55.2 Å². The van der Waals surface area contributed by atoms with Gasteiger partial charge in [-0.25, -0.2) is 0 Å². The lowest BCUT2D eigenvalue weighted by Crippen LogP contribution is -2.09. The second-order valence-corrected chi connectivity index (χ2v) is 9.12. The van der Waals surface area contributed by atoms with Crippen LogP contribution in [0.1, 0.15) is 79.6 Å². The van der Waals surface area contributed by atoms with Crippen LogP contribution in [0.4, 0.5) is 0 Å². The average Bonchev–Trinajstić information content (AvgIpc) is 3.29. The van der Waals surface area contributed by atoms with E-state index >= 15 is 0 Å². The second-order valence-electron chi connectivity index (χ2n) is 9.12. The standard InChI is InChI=1S/C31H33NO4/c1-3-10-29(22-11-6-5-7-12-22)36-25-18-15-23(16-19-25)31(35)27-21-32(24(4-2)17-20-30(33)34)28-14-9-8-13-26(27)28/h5-9,11-16,18-19,21,24,29H,3-4,10,17,20H2,1-2H3,(H,33,34)/t24-,29?/m1/s1. The Labute approximate surface area is 212 Å². The highest BCUT2D eigenvalue weighted by Crippen LogP contribution is 2.31. The molecule has 4 rings (SSSR count). The van der Waals surface area contributed by atoms with E-state index in [9.17, 15) is 9.59 Å². The number of hydrogen-bond donors (Lipinski definition) is 1. The van der Waals surface area contributed by atoms with Crippen LogP contribution in [0.2, 0.25) is 0 Å². The van der Waals surface area contributed by atoms with Crippen LogP contribution in [0.5, 0.6) is 5.75 Å². The molecule has 0 spiro atoms. The zero-order valence-electron chi connectivity index (χ0n) is 20.9. The number of rotatable bonds is 12. The Kier molecular flexibility index (Phi) is 8.21. The third-order valence-electron chi connectivity index (χ3n) is 6.66. The number of fused-ring (bicyclic) bond motifs is 1. The topological polar surface area (TPSA) is 68.5 Å². The van der Waals surface area contributed by atoms with Crippen molar-refractivity contribution in [3.05, 3.63) is 102 Å². The van der Waals surface area contributed by atoms with Crippen LogP contribution in [0, 0.1) is 0 Å². The van der Waals surface area contributed by atoms with Gasteiger partial charge >= 0.3 is 5.97 Å². The summed E-state index contributed by atoms with van der Waals surface area (Å²) in [5.41, 5.74) is 3.31. The number of aromatic nitrogens is 1. The van der Waals surface area contributed by atoms with E-state index in [1.54, 1.807) is 0 Å². The minimum absolute atomic E-state index is 0.0109. The predicted octanol–water partition coefficient (Wildman–Crippen LogP) is 7.61. The Morgan fingerprint density at radius 2 is 1.58 bits per heavy atom. The fourth-order valence-corrected chi connectivity index (χ4v) is 4.75. The molecule has 0 radical (unpaired) electrons. The summed E-state index contributed by atoms with van der Waals surface area (Å²) in [6.45, 7) is 4.19. The maximum atomic E-state index is 13.6. The van der Waals surface area contributed by atoms with Crippen molar-refractivity contribution in [2.45, 2.75) is 58.1 Å². The molecule has 0 aliphatic carbocycles. The molecule has 4 aromatic rings. The summed E-state index contributed by atoms with van der Waals surface area (Å²) < 4.78 is 8.35. The lowest BCUT2D eigenvalue weighted by atomic mass is 10.0. The van der Waals surface area contributed by atoms with Gasteiger partial charge in [-0.1, -0.05) is 68.8 Å². The molecule has 0 aliphatic rings. The predicted molar refractivity (Wildman–Crippen MR) is 143 cm³/mol. The smallest absolute Gasteiger partial charge is 0.303 e. The Balaban J connectivity index is 1.59. The molecular formula is C31H33NO4. The quantitative estimate of drug-likeness (QED) is 0.211. The lowest BCUT2D eigenvalue weighted by Gasteiger charge is -2.19. The number of nitrogens with zero attached hydrogens (tertiary/aromatic N) is 1. The van der Waals surface area contributed by atoms with Gasteiger partial charge in [0.05, 0.1) is 0 Å². The zero-order chi connectivity index (χ0) is 25.5. The summed E-state index contributed by atoms with van der Waals surface area (Å²) in [5.74, 6) is -0.134. The molecule has 36 heavy (non-hydrogen) atoms. The van der Waals surface area contributed by atoms with Crippen molar-refractivity contribution < 1.29 is 19.4 Å². The van der Waals surface area contributed by atoms with E-state index in [0.29, 0.717) is 17.5 Å². The SMILES string of the molecule is CCCC(Oc1ccc(C(=O)c2cn([C@H](CC)CCC(=O)O)c3ccccc23)cc1)c1ccccc1. The average molecular weight is 484 g/mol. The number of hydrogen-bond acceptors (Lipinski definition) is 3. The fourth-order valence-electron chi connectivity index (χ4n) is 4.75. The summed E-state index contributed by atoms with van der Waals surface area (Å²) in [7, 11) is 0. The van der Waals surface area contributed by atoms with Crippen LogP contribution in [-0.4, -0.2) is 21.4 Å². The Morgan fingerprint density at radius 3 is 2.25 bits per heavy atom. The van der Waals surface area contributed by atoms with Gasteiger partial charge in [0.2, 0.25) is 0 Å². The molecule has 0 amide bonds. The van der Waals surface area contributed by atoms with Crippen molar-refractivity contribution in [3.63, 3.8) is 0 Å². The summed E-state index contributed by atoms with van der Waals surface area (Å²) >= 11 is 0. The first kappa shape index (κ1) is 25.2. The maximum absolute atomic E-state index is 13.6. The molecule has 3 aromatic carbocycles. The summed E-state index contributed by atoms with van der Waals surface area (Å²) in [4.78, 5) is 24.7. The summed E-state index contributed by atoms with van der Waals surface area (Å²) in [6.07, 6.45) is 5.16. The van der Waals surface area contributed by atoms with E-state index in [1.165, 1.54) is 0 Å². The Hall–Kier alpha value is -3.86. The minimum Gasteiger partial charge on any atom is -0.486 e. The molecule has 5 nitrogen and oxygen atoms in total. The van der Waals surface area contributed by atoms with E-state index in [0.717, 1.165) is 41.5 Å². The van der Waals surface area contributed by atoms with Crippen LogP contribution >= 0.6 is 0 Å². The highest BCUT2D eigenvalue weighted by atomic mass is 16.5. The van der Waals surface area contributed by atoms with Crippen molar-refractivity contribution in [2.24, 2.45) is 0 Å². The molecule has 0 saturated heterocycles. The van der Waals surface area contributed by atoms with Crippen LogP contribution in [0.15, 0.2) is 85.1 Å². The van der Waals surface area contributed by atoms with Crippen molar-refractivity contribution in [1.82, 2.24) is 4.57 Å². The number of carboxylic acid groups (broad SMARTS) is 1. The van der Waals surface area contributed by atoms with Gasteiger partial charge in [-0.2, -0.15) is 0 Å². The second kappa shape index (κ2) is 11.7. The number of aliphatic carboxylic acids is 1.